The van der Waals surface area contributed by atoms with E-state index in [0.717, 1.165) is 10.7 Å². The van der Waals surface area contributed by atoms with Crippen molar-refractivity contribution in [1.82, 2.24) is 4.90 Å². The van der Waals surface area contributed by atoms with Gasteiger partial charge in [-0.25, -0.2) is 9.79 Å². The third-order valence-electron chi connectivity index (χ3n) is 5.39. The first-order valence-electron chi connectivity index (χ1n) is 10.7. The SMILES string of the molecule is CCOC(=O)C1=C(C)N=C2SC=CN2[C@H]1c1cc(Br)c(OCc2cccc([N+](=O)[O-])c2)c(OC)c1. The van der Waals surface area contributed by atoms with Crippen LogP contribution in [0.2, 0.25) is 0 Å². The van der Waals surface area contributed by atoms with Gasteiger partial charge in [-0.3, -0.25) is 10.1 Å². The monoisotopic (exact) mass is 559 g/mol. The zero-order valence-electron chi connectivity index (χ0n) is 19.2. The molecule has 0 unspecified atom stereocenters. The van der Waals surface area contributed by atoms with Gasteiger partial charge in [-0.1, -0.05) is 23.9 Å². The lowest BCUT2D eigenvalue weighted by Crippen LogP contribution is -2.34. The number of esters is 1. The van der Waals surface area contributed by atoms with E-state index >= 15 is 0 Å². The molecule has 11 heteroatoms. The van der Waals surface area contributed by atoms with Crippen LogP contribution < -0.4 is 9.47 Å². The first-order chi connectivity index (χ1) is 16.8. The van der Waals surface area contributed by atoms with Crippen molar-refractivity contribution < 1.29 is 23.9 Å². The van der Waals surface area contributed by atoms with E-state index in [1.165, 1.54) is 31.0 Å². The van der Waals surface area contributed by atoms with Crippen LogP contribution in [0.3, 0.4) is 0 Å². The molecule has 9 nitrogen and oxygen atoms in total. The Morgan fingerprint density at radius 1 is 1.31 bits per heavy atom. The Labute approximate surface area is 214 Å². The number of benzene rings is 2. The molecule has 2 aromatic carbocycles. The number of carbonyl (C=O) groups excluding carboxylic acids is 1. The molecule has 1 atom stereocenters. The van der Waals surface area contributed by atoms with Crippen LogP contribution in [0.15, 0.2) is 68.7 Å². The average Bonchev–Trinajstić information content (AvgIpc) is 3.30. The normalized spacial score (nSPS) is 16.6. The largest absolute Gasteiger partial charge is 0.493 e. The van der Waals surface area contributed by atoms with Crippen molar-refractivity contribution in [3.8, 4) is 11.5 Å². The molecule has 0 aliphatic carbocycles. The number of fused-ring (bicyclic) bond motifs is 1. The molecule has 2 aliphatic heterocycles. The van der Waals surface area contributed by atoms with E-state index in [-0.39, 0.29) is 18.9 Å². The van der Waals surface area contributed by atoms with E-state index in [9.17, 15) is 14.9 Å². The number of halogens is 1. The van der Waals surface area contributed by atoms with E-state index in [2.05, 4.69) is 20.9 Å². The highest BCUT2D eigenvalue weighted by Gasteiger charge is 2.38. The third kappa shape index (κ3) is 5.06. The lowest BCUT2D eigenvalue weighted by molar-refractivity contribution is -0.384. The molecule has 2 heterocycles. The molecule has 0 aromatic heterocycles. The van der Waals surface area contributed by atoms with Gasteiger partial charge in [0.2, 0.25) is 0 Å². The van der Waals surface area contributed by atoms with Crippen LogP contribution in [0.5, 0.6) is 11.5 Å². The number of thioether (sulfide) groups is 1. The quantitative estimate of drug-likeness (QED) is 0.230. The Balaban J connectivity index is 1.69. The molecule has 182 valence electrons. The van der Waals surface area contributed by atoms with Gasteiger partial charge in [-0.15, -0.1) is 0 Å². The summed E-state index contributed by atoms with van der Waals surface area (Å²) in [7, 11) is 1.53. The minimum Gasteiger partial charge on any atom is -0.493 e. The van der Waals surface area contributed by atoms with E-state index in [1.54, 1.807) is 26.0 Å². The van der Waals surface area contributed by atoms with Gasteiger partial charge in [-0.05, 0) is 58.4 Å². The molecular formula is C24H22BrN3O6S. The fourth-order valence-electron chi connectivity index (χ4n) is 3.85. The maximum absolute atomic E-state index is 12.9. The lowest BCUT2D eigenvalue weighted by Gasteiger charge is -2.33. The van der Waals surface area contributed by atoms with Gasteiger partial charge in [-0.2, -0.15) is 0 Å². The summed E-state index contributed by atoms with van der Waals surface area (Å²) in [6, 6.07) is 9.46. The van der Waals surface area contributed by atoms with Gasteiger partial charge >= 0.3 is 5.97 Å². The number of nitrogens with zero attached hydrogens (tertiary/aromatic N) is 3. The van der Waals surface area contributed by atoms with Gasteiger partial charge in [0.1, 0.15) is 6.61 Å². The molecule has 4 rings (SSSR count). The van der Waals surface area contributed by atoms with Crippen molar-refractivity contribution in [1.29, 1.82) is 0 Å². The zero-order chi connectivity index (χ0) is 25.1. The second-order valence-corrected chi connectivity index (χ2v) is 9.30. The minimum atomic E-state index is -0.469. The molecule has 0 saturated heterocycles. The molecule has 0 bridgehead atoms. The number of nitro benzene ring substituents is 1. The number of allylic oxidation sites excluding steroid dienone is 1. The van der Waals surface area contributed by atoms with Crippen molar-refractivity contribution in [2.24, 2.45) is 4.99 Å². The maximum Gasteiger partial charge on any atom is 0.338 e. The zero-order valence-corrected chi connectivity index (χ0v) is 21.6. The smallest absolute Gasteiger partial charge is 0.338 e. The van der Waals surface area contributed by atoms with Crippen LogP contribution in [-0.2, 0) is 16.1 Å². The number of hydrogen-bond donors (Lipinski definition) is 0. The summed E-state index contributed by atoms with van der Waals surface area (Å²) in [5.74, 6) is 0.460. The fraction of sp³-hybridized carbons (Fsp3) is 0.250. The molecule has 0 fully saturated rings. The Morgan fingerprint density at radius 3 is 2.83 bits per heavy atom. The fourth-order valence-corrected chi connectivity index (χ4v) is 5.22. The van der Waals surface area contributed by atoms with Crippen LogP contribution >= 0.6 is 27.7 Å². The van der Waals surface area contributed by atoms with E-state index < -0.39 is 16.9 Å². The number of ether oxygens (including phenoxy) is 3. The number of nitro groups is 1. The standard InChI is InChI=1S/C24H22BrN3O6S/c1-4-33-23(29)20-14(2)26-24-27(8-9-35-24)21(20)16-11-18(25)22(19(12-16)32-3)34-13-15-6-5-7-17(10-15)28(30)31/h5-12,21H,4,13H2,1-3H3/t21-/m0/s1. The molecule has 0 spiro atoms. The predicted octanol–water partition coefficient (Wildman–Crippen LogP) is 5.71. The topological polar surface area (TPSA) is 104 Å². The first kappa shape index (κ1) is 24.8. The van der Waals surface area contributed by atoms with Crippen molar-refractivity contribution in [2.75, 3.05) is 13.7 Å². The van der Waals surface area contributed by atoms with Crippen molar-refractivity contribution in [2.45, 2.75) is 26.5 Å². The van der Waals surface area contributed by atoms with Crippen LogP contribution in [-0.4, -0.2) is 34.7 Å². The number of carbonyl (C=O) groups is 1. The number of hydrogen-bond acceptors (Lipinski definition) is 9. The average molecular weight is 560 g/mol. The number of methoxy groups -OCH3 is 1. The molecule has 35 heavy (non-hydrogen) atoms. The molecule has 0 saturated carbocycles. The number of amidine groups is 1. The summed E-state index contributed by atoms with van der Waals surface area (Å²) < 4.78 is 17.6. The number of rotatable bonds is 8. The molecular weight excluding hydrogens is 538 g/mol. The summed E-state index contributed by atoms with van der Waals surface area (Å²) in [4.78, 5) is 30.0. The minimum absolute atomic E-state index is 0.00700. The molecule has 0 radical (unpaired) electrons. The van der Waals surface area contributed by atoms with E-state index in [0.29, 0.717) is 32.8 Å². The Hall–Kier alpha value is -3.31. The summed E-state index contributed by atoms with van der Waals surface area (Å²) in [5, 5.41) is 13.7. The Kier molecular flexibility index (Phi) is 7.46. The van der Waals surface area contributed by atoms with E-state index in [4.69, 9.17) is 14.2 Å². The second kappa shape index (κ2) is 10.5. The third-order valence-corrected chi connectivity index (χ3v) is 6.75. The van der Waals surface area contributed by atoms with Crippen LogP contribution in [0.1, 0.15) is 31.0 Å². The highest BCUT2D eigenvalue weighted by Crippen LogP contribution is 2.45. The maximum atomic E-state index is 12.9. The second-order valence-electron chi connectivity index (χ2n) is 7.58. The van der Waals surface area contributed by atoms with Crippen LogP contribution in [0, 0.1) is 10.1 Å². The first-order valence-corrected chi connectivity index (χ1v) is 12.3. The van der Waals surface area contributed by atoms with Gasteiger partial charge in [0.05, 0.1) is 40.4 Å². The Bertz CT molecular complexity index is 1280. The van der Waals surface area contributed by atoms with Gasteiger partial charge < -0.3 is 19.1 Å². The Morgan fingerprint density at radius 2 is 2.11 bits per heavy atom. The molecule has 0 N–H and O–H groups in total. The van der Waals surface area contributed by atoms with Gasteiger partial charge in [0, 0.05) is 18.3 Å². The molecule has 2 aliphatic rings. The van der Waals surface area contributed by atoms with Crippen molar-refractivity contribution >= 4 is 44.5 Å². The summed E-state index contributed by atoms with van der Waals surface area (Å²) in [6.45, 7) is 3.92. The summed E-state index contributed by atoms with van der Waals surface area (Å²) in [5.41, 5.74) is 2.46. The highest BCUT2D eigenvalue weighted by atomic mass is 79.9. The highest BCUT2D eigenvalue weighted by molar-refractivity contribution is 9.10. The van der Waals surface area contributed by atoms with Crippen LogP contribution in [0.25, 0.3) is 0 Å². The van der Waals surface area contributed by atoms with Crippen molar-refractivity contribution in [3.05, 3.63) is 85.0 Å². The number of non-ortho nitro benzene ring substituents is 1. The van der Waals surface area contributed by atoms with Crippen LogP contribution in [0.4, 0.5) is 5.69 Å². The summed E-state index contributed by atoms with van der Waals surface area (Å²) in [6.07, 6.45) is 1.88. The van der Waals surface area contributed by atoms with Gasteiger partial charge in [0.15, 0.2) is 16.7 Å². The van der Waals surface area contributed by atoms with Crippen molar-refractivity contribution in [3.63, 3.8) is 0 Å². The predicted molar refractivity (Wildman–Crippen MR) is 136 cm³/mol. The molecule has 2 aromatic rings. The van der Waals surface area contributed by atoms with Gasteiger partial charge in [0.25, 0.3) is 5.69 Å². The van der Waals surface area contributed by atoms with E-state index in [1.807, 2.05) is 28.6 Å². The summed E-state index contributed by atoms with van der Waals surface area (Å²) >= 11 is 5.05. The number of aliphatic imine (C=N–C) groups is 1. The molecule has 0 amide bonds. The lowest BCUT2D eigenvalue weighted by atomic mass is 9.94.